The lowest BCUT2D eigenvalue weighted by molar-refractivity contribution is -0.118. The molecule has 0 saturated heterocycles. The van der Waals surface area contributed by atoms with Crippen LogP contribution in [0.15, 0.2) is 27.5 Å². The Morgan fingerprint density at radius 3 is 2.77 bits per heavy atom. The number of nitrogens with zero attached hydrogens (tertiary/aromatic N) is 2. The van der Waals surface area contributed by atoms with Gasteiger partial charge in [-0.25, -0.2) is 0 Å². The molecule has 0 saturated carbocycles. The highest BCUT2D eigenvalue weighted by Gasteiger charge is 2.22. The zero-order valence-electron chi connectivity index (χ0n) is 13.3. The molecule has 2 aromatic heterocycles. The standard InChI is InChI=1S/C16H21N3O2S/c1-10(2)8-14(16-19-18-12(4)21-16)17-15(20)11(3)9-13-6-5-7-22-13/h5-7,9-10,14H,8H2,1-4H3,(H,17,20)/b11-9+. The van der Waals surface area contributed by atoms with Gasteiger partial charge in [0.2, 0.25) is 17.7 Å². The lowest BCUT2D eigenvalue weighted by Gasteiger charge is -2.17. The van der Waals surface area contributed by atoms with E-state index in [0.29, 0.717) is 23.3 Å². The molecule has 0 aliphatic heterocycles. The summed E-state index contributed by atoms with van der Waals surface area (Å²) in [4.78, 5) is 13.4. The minimum absolute atomic E-state index is 0.116. The van der Waals surface area contributed by atoms with Gasteiger partial charge < -0.3 is 9.73 Å². The third-order valence-corrected chi connectivity index (χ3v) is 3.93. The van der Waals surface area contributed by atoms with Crippen molar-refractivity contribution in [2.75, 3.05) is 0 Å². The van der Waals surface area contributed by atoms with Crippen LogP contribution in [-0.4, -0.2) is 16.1 Å². The van der Waals surface area contributed by atoms with Crippen LogP contribution in [0.25, 0.3) is 6.08 Å². The van der Waals surface area contributed by atoms with Crippen LogP contribution >= 0.6 is 11.3 Å². The van der Waals surface area contributed by atoms with Gasteiger partial charge in [0.1, 0.15) is 6.04 Å². The highest BCUT2D eigenvalue weighted by Crippen LogP contribution is 2.21. The number of aryl methyl sites for hydroxylation is 1. The van der Waals surface area contributed by atoms with Crippen molar-refractivity contribution >= 4 is 23.3 Å². The van der Waals surface area contributed by atoms with E-state index in [9.17, 15) is 4.79 Å². The summed E-state index contributed by atoms with van der Waals surface area (Å²) in [5.41, 5.74) is 0.660. The molecular formula is C16H21N3O2S. The average Bonchev–Trinajstić information content (AvgIpc) is 3.09. The summed E-state index contributed by atoms with van der Waals surface area (Å²) < 4.78 is 5.48. The van der Waals surface area contributed by atoms with Crippen LogP contribution in [0.5, 0.6) is 0 Å². The molecular weight excluding hydrogens is 298 g/mol. The van der Waals surface area contributed by atoms with E-state index in [1.54, 1.807) is 25.2 Å². The number of nitrogens with one attached hydrogen (secondary N) is 1. The Morgan fingerprint density at radius 1 is 1.45 bits per heavy atom. The third-order valence-electron chi connectivity index (χ3n) is 3.11. The smallest absolute Gasteiger partial charge is 0.247 e. The maximum Gasteiger partial charge on any atom is 0.247 e. The van der Waals surface area contributed by atoms with Gasteiger partial charge in [-0.3, -0.25) is 4.79 Å². The summed E-state index contributed by atoms with van der Waals surface area (Å²) in [5, 5.41) is 12.9. The van der Waals surface area contributed by atoms with E-state index in [4.69, 9.17) is 4.42 Å². The molecule has 22 heavy (non-hydrogen) atoms. The molecule has 2 aromatic rings. The fraction of sp³-hybridized carbons (Fsp3) is 0.438. The van der Waals surface area contributed by atoms with Gasteiger partial charge in [0, 0.05) is 17.4 Å². The fourth-order valence-corrected chi connectivity index (χ4v) is 2.79. The van der Waals surface area contributed by atoms with Crippen molar-refractivity contribution in [3.8, 4) is 0 Å². The fourth-order valence-electron chi connectivity index (χ4n) is 2.07. The Hall–Kier alpha value is -1.95. The van der Waals surface area contributed by atoms with Gasteiger partial charge in [-0.2, -0.15) is 0 Å². The van der Waals surface area contributed by atoms with Gasteiger partial charge in [0.25, 0.3) is 0 Å². The number of aromatic nitrogens is 2. The van der Waals surface area contributed by atoms with Crippen LogP contribution in [0, 0.1) is 12.8 Å². The molecule has 1 amide bonds. The maximum absolute atomic E-state index is 12.4. The first-order valence-corrected chi connectivity index (χ1v) is 8.16. The van der Waals surface area contributed by atoms with Crippen molar-refractivity contribution in [3.05, 3.63) is 39.7 Å². The van der Waals surface area contributed by atoms with Crippen LogP contribution in [0.1, 0.15) is 49.9 Å². The summed E-state index contributed by atoms with van der Waals surface area (Å²) in [6.45, 7) is 7.74. The Kier molecular flexibility index (Phi) is 5.49. The molecule has 0 aromatic carbocycles. The lowest BCUT2D eigenvalue weighted by atomic mass is 10.0. The van der Waals surface area contributed by atoms with Crippen LogP contribution in [0.2, 0.25) is 0 Å². The third kappa shape index (κ3) is 4.53. The zero-order valence-corrected chi connectivity index (χ0v) is 14.1. The van der Waals surface area contributed by atoms with E-state index >= 15 is 0 Å². The predicted octanol–water partition coefficient (Wildman–Crippen LogP) is 3.75. The maximum atomic E-state index is 12.4. The molecule has 0 fully saturated rings. The molecule has 118 valence electrons. The van der Waals surface area contributed by atoms with Crippen LogP contribution in [0.3, 0.4) is 0 Å². The first-order chi connectivity index (χ1) is 10.5. The molecule has 2 heterocycles. The van der Waals surface area contributed by atoms with Gasteiger partial charge in [-0.15, -0.1) is 21.5 Å². The van der Waals surface area contributed by atoms with Crippen molar-refractivity contribution < 1.29 is 9.21 Å². The monoisotopic (exact) mass is 319 g/mol. The Bertz CT molecular complexity index is 644. The summed E-state index contributed by atoms with van der Waals surface area (Å²) in [7, 11) is 0. The van der Waals surface area contributed by atoms with Crippen molar-refractivity contribution in [1.82, 2.24) is 15.5 Å². The topological polar surface area (TPSA) is 68.0 Å². The lowest BCUT2D eigenvalue weighted by Crippen LogP contribution is -2.30. The van der Waals surface area contributed by atoms with E-state index in [0.717, 1.165) is 11.3 Å². The van der Waals surface area contributed by atoms with Gasteiger partial charge in [0.05, 0.1) is 0 Å². The summed E-state index contributed by atoms with van der Waals surface area (Å²) in [6.07, 6.45) is 2.63. The number of amides is 1. The second-order valence-corrected chi connectivity index (χ2v) is 6.64. The number of thiophene rings is 1. The Labute approximate surface area is 134 Å². The van der Waals surface area contributed by atoms with Gasteiger partial charge in [0.15, 0.2) is 0 Å². The van der Waals surface area contributed by atoms with Gasteiger partial charge >= 0.3 is 0 Å². The normalized spacial score (nSPS) is 13.4. The van der Waals surface area contributed by atoms with Crippen LogP contribution < -0.4 is 5.32 Å². The van der Waals surface area contributed by atoms with Crippen molar-refractivity contribution in [2.45, 2.75) is 40.2 Å². The molecule has 0 spiro atoms. The summed E-state index contributed by atoms with van der Waals surface area (Å²) in [6, 6.07) is 3.68. The van der Waals surface area contributed by atoms with E-state index < -0.39 is 0 Å². The van der Waals surface area contributed by atoms with E-state index in [2.05, 4.69) is 29.4 Å². The molecule has 1 unspecified atom stereocenters. The number of hydrogen-bond acceptors (Lipinski definition) is 5. The molecule has 5 nitrogen and oxygen atoms in total. The first kappa shape index (κ1) is 16.4. The highest BCUT2D eigenvalue weighted by molar-refractivity contribution is 7.10. The SMILES string of the molecule is C/C(=C\c1cccs1)C(=O)NC(CC(C)C)c1nnc(C)o1. The number of hydrogen-bond donors (Lipinski definition) is 1. The molecule has 6 heteroatoms. The zero-order chi connectivity index (χ0) is 16.1. The Morgan fingerprint density at radius 2 is 2.23 bits per heavy atom. The van der Waals surface area contributed by atoms with Crippen LogP contribution in [0.4, 0.5) is 0 Å². The average molecular weight is 319 g/mol. The van der Waals surface area contributed by atoms with E-state index in [1.165, 1.54) is 0 Å². The Balaban J connectivity index is 2.11. The summed E-state index contributed by atoms with van der Waals surface area (Å²) in [5.74, 6) is 1.25. The van der Waals surface area contributed by atoms with Gasteiger partial charge in [-0.1, -0.05) is 19.9 Å². The molecule has 2 rings (SSSR count). The van der Waals surface area contributed by atoms with E-state index in [1.807, 2.05) is 23.6 Å². The predicted molar refractivity (Wildman–Crippen MR) is 87.3 cm³/mol. The molecule has 0 radical (unpaired) electrons. The van der Waals surface area contributed by atoms with Crippen molar-refractivity contribution in [2.24, 2.45) is 5.92 Å². The second-order valence-electron chi connectivity index (χ2n) is 5.66. The molecule has 1 N–H and O–H groups in total. The summed E-state index contributed by atoms with van der Waals surface area (Å²) >= 11 is 1.60. The quantitative estimate of drug-likeness (QED) is 0.823. The highest BCUT2D eigenvalue weighted by atomic mass is 32.1. The van der Waals surface area contributed by atoms with Crippen molar-refractivity contribution in [1.29, 1.82) is 0 Å². The number of carbonyl (C=O) groups excluding carboxylic acids is 1. The largest absolute Gasteiger partial charge is 0.423 e. The molecule has 0 aliphatic rings. The minimum Gasteiger partial charge on any atom is -0.423 e. The molecule has 0 bridgehead atoms. The molecule has 1 atom stereocenters. The first-order valence-electron chi connectivity index (χ1n) is 7.28. The van der Waals surface area contributed by atoms with Crippen LogP contribution in [-0.2, 0) is 4.79 Å². The van der Waals surface area contributed by atoms with Crippen molar-refractivity contribution in [3.63, 3.8) is 0 Å². The molecule has 0 aliphatic carbocycles. The number of rotatable bonds is 6. The van der Waals surface area contributed by atoms with Gasteiger partial charge in [-0.05, 0) is 36.8 Å². The van der Waals surface area contributed by atoms with E-state index in [-0.39, 0.29) is 11.9 Å². The second kappa shape index (κ2) is 7.35. The minimum atomic E-state index is -0.264. The number of carbonyl (C=O) groups is 1.